The number of rotatable bonds is 7. The molecule has 2 rings (SSSR count). The molecule has 124 valence electrons. The number of carboxylic acid groups (broad SMARTS) is 1. The molecular weight excluding hydrogens is 320 g/mol. The van der Waals surface area contributed by atoms with Crippen LogP contribution in [0.15, 0.2) is 30.5 Å². The Kier molecular flexibility index (Phi) is 5.17. The zero-order valence-corrected chi connectivity index (χ0v) is 13.7. The predicted octanol–water partition coefficient (Wildman–Crippen LogP) is 1.74. The van der Waals surface area contributed by atoms with Crippen LogP contribution < -0.4 is 4.90 Å². The highest BCUT2D eigenvalue weighted by atomic mass is 32.2. The fourth-order valence-electron chi connectivity index (χ4n) is 2.20. The third-order valence-electron chi connectivity index (χ3n) is 3.33. The van der Waals surface area contributed by atoms with Gasteiger partial charge in [-0.25, -0.2) is 4.79 Å². The second-order valence-electron chi connectivity index (χ2n) is 5.17. The Balaban J connectivity index is 2.13. The molecule has 0 amide bonds. The van der Waals surface area contributed by atoms with Crippen molar-refractivity contribution < 1.29 is 22.5 Å². The molecule has 0 aliphatic carbocycles. The van der Waals surface area contributed by atoms with Gasteiger partial charge in [0.1, 0.15) is 0 Å². The standard InChI is InChI=1S/C15H18N2O5S/c1-17(8-3-9-22-23(2,20)21)11-4-5-14-13(10-11)12(15(18)19)6-7-16-14/h4-7,10H,3,8-9H2,1-2H3,(H,18,19). The highest BCUT2D eigenvalue weighted by molar-refractivity contribution is 7.85. The number of hydrogen-bond acceptors (Lipinski definition) is 6. The number of benzene rings is 1. The third kappa shape index (κ3) is 4.64. The summed E-state index contributed by atoms with van der Waals surface area (Å²) in [4.78, 5) is 17.4. The summed E-state index contributed by atoms with van der Waals surface area (Å²) in [6, 6.07) is 6.84. The van der Waals surface area contributed by atoms with E-state index >= 15 is 0 Å². The lowest BCUT2D eigenvalue weighted by atomic mass is 10.1. The number of hydrogen-bond donors (Lipinski definition) is 1. The lowest BCUT2D eigenvalue weighted by molar-refractivity contribution is 0.0699. The number of carboxylic acids is 1. The first-order chi connectivity index (χ1) is 10.8. The van der Waals surface area contributed by atoms with Crippen molar-refractivity contribution >= 4 is 32.7 Å². The van der Waals surface area contributed by atoms with Crippen molar-refractivity contribution in [3.63, 3.8) is 0 Å². The number of nitrogens with zero attached hydrogens (tertiary/aromatic N) is 2. The Bertz CT molecular complexity index is 820. The minimum Gasteiger partial charge on any atom is -0.478 e. The molecular formula is C15H18N2O5S. The largest absolute Gasteiger partial charge is 0.478 e. The lowest BCUT2D eigenvalue weighted by Gasteiger charge is -2.19. The van der Waals surface area contributed by atoms with Crippen molar-refractivity contribution in [2.75, 3.05) is 31.4 Å². The number of carbonyl (C=O) groups is 1. The SMILES string of the molecule is CN(CCCOS(C)(=O)=O)c1ccc2nccc(C(=O)O)c2c1. The topological polar surface area (TPSA) is 96.8 Å². The van der Waals surface area contributed by atoms with Crippen LogP contribution in [-0.4, -0.2) is 50.9 Å². The van der Waals surface area contributed by atoms with Gasteiger partial charge < -0.3 is 10.0 Å². The van der Waals surface area contributed by atoms with E-state index in [1.54, 1.807) is 12.1 Å². The monoisotopic (exact) mass is 338 g/mol. The molecule has 0 aliphatic heterocycles. The van der Waals surface area contributed by atoms with Crippen LogP contribution in [0, 0.1) is 0 Å². The van der Waals surface area contributed by atoms with Gasteiger partial charge in [0.15, 0.2) is 0 Å². The average Bonchev–Trinajstić information content (AvgIpc) is 2.49. The van der Waals surface area contributed by atoms with Crippen molar-refractivity contribution in [3.8, 4) is 0 Å². The van der Waals surface area contributed by atoms with Gasteiger partial charge in [-0.2, -0.15) is 8.42 Å². The summed E-state index contributed by atoms with van der Waals surface area (Å²) in [6.45, 7) is 0.683. The van der Waals surface area contributed by atoms with E-state index in [0.717, 1.165) is 11.9 Å². The first-order valence-electron chi connectivity index (χ1n) is 6.95. The maximum atomic E-state index is 11.3. The maximum Gasteiger partial charge on any atom is 0.336 e. The summed E-state index contributed by atoms with van der Waals surface area (Å²) in [5.41, 5.74) is 1.64. The maximum absolute atomic E-state index is 11.3. The van der Waals surface area contributed by atoms with Gasteiger partial charge >= 0.3 is 5.97 Å². The summed E-state index contributed by atoms with van der Waals surface area (Å²) in [5.74, 6) is -1.00. The van der Waals surface area contributed by atoms with Crippen molar-refractivity contribution in [1.82, 2.24) is 4.98 Å². The van der Waals surface area contributed by atoms with E-state index in [0.29, 0.717) is 23.9 Å². The Morgan fingerprint density at radius 1 is 1.35 bits per heavy atom. The molecule has 8 heteroatoms. The first kappa shape index (κ1) is 17.2. The summed E-state index contributed by atoms with van der Waals surface area (Å²) in [5, 5.41) is 9.81. The number of aromatic carboxylic acids is 1. The normalized spacial score (nSPS) is 11.6. The molecule has 0 unspecified atom stereocenters. The number of anilines is 1. The second-order valence-corrected chi connectivity index (χ2v) is 6.81. The fourth-order valence-corrected chi connectivity index (χ4v) is 2.62. The molecule has 0 radical (unpaired) electrons. The van der Waals surface area contributed by atoms with Crippen LogP contribution in [0.5, 0.6) is 0 Å². The smallest absolute Gasteiger partial charge is 0.336 e. The minimum atomic E-state index is -3.42. The Hall–Kier alpha value is -2.19. The summed E-state index contributed by atoms with van der Waals surface area (Å²) in [7, 11) is -1.58. The van der Waals surface area contributed by atoms with Crippen LogP contribution in [0.4, 0.5) is 5.69 Å². The van der Waals surface area contributed by atoms with Crippen molar-refractivity contribution in [2.45, 2.75) is 6.42 Å². The van der Waals surface area contributed by atoms with Gasteiger partial charge in [0.25, 0.3) is 10.1 Å². The fraction of sp³-hybridized carbons (Fsp3) is 0.333. The highest BCUT2D eigenvalue weighted by Gasteiger charge is 2.11. The zero-order valence-electron chi connectivity index (χ0n) is 12.9. The Morgan fingerprint density at radius 2 is 2.09 bits per heavy atom. The van der Waals surface area contributed by atoms with Gasteiger partial charge in [-0.1, -0.05) is 0 Å². The molecule has 0 bridgehead atoms. The molecule has 1 heterocycles. The van der Waals surface area contributed by atoms with Crippen molar-refractivity contribution in [1.29, 1.82) is 0 Å². The molecule has 1 aromatic heterocycles. The third-order valence-corrected chi connectivity index (χ3v) is 3.93. The van der Waals surface area contributed by atoms with Gasteiger partial charge in [0.05, 0.1) is 23.9 Å². The molecule has 1 aromatic carbocycles. The zero-order chi connectivity index (χ0) is 17.0. The Labute approximate surface area is 134 Å². The molecule has 23 heavy (non-hydrogen) atoms. The quantitative estimate of drug-likeness (QED) is 0.606. The van der Waals surface area contributed by atoms with Crippen LogP contribution in [0.25, 0.3) is 10.9 Å². The average molecular weight is 338 g/mol. The van der Waals surface area contributed by atoms with E-state index in [2.05, 4.69) is 4.98 Å². The second kappa shape index (κ2) is 6.93. The van der Waals surface area contributed by atoms with Gasteiger partial charge in [0, 0.05) is 30.9 Å². The molecule has 1 N–H and O–H groups in total. The van der Waals surface area contributed by atoms with E-state index in [9.17, 15) is 18.3 Å². The summed E-state index contributed by atoms with van der Waals surface area (Å²) >= 11 is 0. The predicted molar refractivity (Wildman–Crippen MR) is 87.4 cm³/mol. The Morgan fingerprint density at radius 3 is 2.74 bits per heavy atom. The summed E-state index contributed by atoms with van der Waals surface area (Å²) < 4.78 is 26.5. The van der Waals surface area contributed by atoms with Crippen molar-refractivity contribution in [3.05, 3.63) is 36.0 Å². The molecule has 7 nitrogen and oxygen atoms in total. The molecule has 0 atom stereocenters. The van der Waals surface area contributed by atoms with Gasteiger partial charge in [-0.3, -0.25) is 9.17 Å². The molecule has 0 fully saturated rings. The number of pyridine rings is 1. The molecule has 0 aliphatic rings. The number of fused-ring (bicyclic) bond motifs is 1. The van der Waals surface area contributed by atoms with E-state index < -0.39 is 16.1 Å². The van der Waals surface area contributed by atoms with Crippen LogP contribution in [0.1, 0.15) is 16.8 Å². The molecule has 0 saturated heterocycles. The molecule has 2 aromatic rings. The van der Waals surface area contributed by atoms with E-state index in [4.69, 9.17) is 4.18 Å². The van der Waals surface area contributed by atoms with E-state index in [1.807, 2.05) is 18.0 Å². The molecule has 0 saturated carbocycles. The van der Waals surface area contributed by atoms with Crippen molar-refractivity contribution in [2.24, 2.45) is 0 Å². The number of aromatic nitrogens is 1. The van der Waals surface area contributed by atoms with E-state index in [-0.39, 0.29) is 12.2 Å². The van der Waals surface area contributed by atoms with Crippen LogP contribution in [0.2, 0.25) is 0 Å². The first-order valence-corrected chi connectivity index (χ1v) is 8.77. The van der Waals surface area contributed by atoms with Crippen LogP contribution in [-0.2, 0) is 14.3 Å². The highest BCUT2D eigenvalue weighted by Crippen LogP contribution is 2.23. The summed E-state index contributed by atoms with van der Waals surface area (Å²) in [6.07, 6.45) is 3.01. The van der Waals surface area contributed by atoms with Crippen LogP contribution in [0.3, 0.4) is 0 Å². The van der Waals surface area contributed by atoms with Gasteiger partial charge in [-0.05, 0) is 30.7 Å². The van der Waals surface area contributed by atoms with Gasteiger partial charge in [0.2, 0.25) is 0 Å². The van der Waals surface area contributed by atoms with Crippen LogP contribution >= 0.6 is 0 Å². The van der Waals surface area contributed by atoms with E-state index in [1.165, 1.54) is 12.3 Å². The lowest BCUT2D eigenvalue weighted by Crippen LogP contribution is -2.20. The minimum absolute atomic E-state index is 0.110. The van der Waals surface area contributed by atoms with Gasteiger partial charge in [-0.15, -0.1) is 0 Å². The molecule has 0 spiro atoms.